The number of fused-ring (bicyclic) bond motifs is 1. The standard InChI is InChI=1S/C23H24ClNO6S/c1-5-15-10-21(26)30-19-12-20(18(24)11-17(15)19)31-23(27)22(13(2)3)25-32(28,29)16-8-6-14(4)7-9-16/h6-13,22,25H,5H2,1-4H3. The average Bonchev–Trinajstić information content (AvgIpc) is 2.72. The van der Waals surface area contributed by atoms with E-state index in [1.807, 2.05) is 13.8 Å². The molecule has 1 unspecified atom stereocenters. The Balaban J connectivity index is 1.91. The summed E-state index contributed by atoms with van der Waals surface area (Å²) in [6.45, 7) is 7.12. The minimum Gasteiger partial charge on any atom is -0.424 e. The lowest BCUT2D eigenvalue weighted by atomic mass is 10.1. The number of aryl methyl sites for hydroxylation is 2. The van der Waals surface area contributed by atoms with Gasteiger partial charge >= 0.3 is 11.6 Å². The van der Waals surface area contributed by atoms with Gasteiger partial charge in [0, 0.05) is 17.5 Å². The van der Waals surface area contributed by atoms with Crippen LogP contribution in [0.3, 0.4) is 0 Å². The SMILES string of the molecule is CCc1cc(=O)oc2cc(OC(=O)C(NS(=O)(=O)c3ccc(C)cc3)C(C)C)c(Cl)cc12. The molecule has 7 nitrogen and oxygen atoms in total. The molecule has 0 aliphatic heterocycles. The van der Waals surface area contributed by atoms with Crippen molar-refractivity contribution in [2.45, 2.75) is 45.1 Å². The Kier molecular flexibility index (Phi) is 7.07. The Hall–Kier alpha value is -2.68. The molecule has 32 heavy (non-hydrogen) atoms. The van der Waals surface area contributed by atoms with E-state index in [-0.39, 0.29) is 21.3 Å². The van der Waals surface area contributed by atoms with Crippen molar-refractivity contribution in [1.82, 2.24) is 4.72 Å². The fourth-order valence-corrected chi connectivity index (χ4v) is 4.71. The van der Waals surface area contributed by atoms with E-state index in [9.17, 15) is 18.0 Å². The Morgan fingerprint density at radius 3 is 2.41 bits per heavy atom. The number of halogens is 1. The summed E-state index contributed by atoms with van der Waals surface area (Å²) in [4.78, 5) is 24.7. The molecule has 1 N–H and O–H groups in total. The molecule has 3 rings (SSSR count). The van der Waals surface area contributed by atoms with Gasteiger partial charge in [-0.2, -0.15) is 4.72 Å². The number of nitrogens with one attached hydrogen (secondary N) is 1. The maximum atomic E-state index is 12.9. The van der Waals surface area contributed by atoms with Crippen LogP contribution in [-0.2, 0) is 21.2 Å². The number of hydrogen-bond donors (Lipinski definition) is 1. The van der Waals surface area contributed by atoms with Crippen molar-refractivity contribution in [2.75, 3.05) is 0 Å². The van der Waals surface area contributed by atoms with Crippen LogP contribution in [0.4, 0.5) is 0 Å². The molecular formula is C23H24ClNO6S. The van der Waals surface area contributed by atoms with Crippen molar-refractivity contribution in [3.8, 4) is 5.75 Å². The second kappa shape index (κ2) is 9.44. The summed E-state index contributed by atoms with van der Waals surface area (Å²) in [6, 6.07) is 9.42. The highest BCUT2D eigenvalue weighted by molar-refractivity contribution is 7.89. The number of esters is 1. The van der Waals surface area contributed by atoms with Gasteiger partial charge in [0.1, 0.15) is 11.6 Å². The van der Waals surface area contributed by atoms with E-state index < -0.39 is 33.6 Å². The van der Waals surface area contributed by atoms with Crippen LogP contribution in [0.1, 0.15) is 31.9 Å². The molecule has 1 aromatic heterocycles. The first-order chi connectivity index (χ1) is 15.0. The Morgan fingerprint density at radius 2 is 1.81 bits per heavy atom. The number of carbonyl (C=O) groups is 1. The minimum atomic E-state index is -3.96. The molecule has 0 saturated carbocycles. The maximum absolute atomic E-state index is 12.9. The molecule has 0 saturated heterocycles. The molecule has 1 heterocycles. The summed E-state index contributed by atoms with van der Waals surface area (Å²) in [7, 11) is -3.96. The Labute approximate surface area is 191 Å². The van der Waals surface area contributed by atoms with Gasteiger partial charge in [-0.25, -0.2) is 18.0 Å². The zero-order chi connectivity index (χ0) is 23.6. The highest BCUT2D eigenvalue weighted by atomic mass is 35.5. The lowest BCUT2D eigenvalue weighted by molar-refractivity contribution is -0.137. The van der Waals surface area contributed by atoms with Crippen LogP contribution in [-0.4, -0.2) is 20.4 Å². The van der Waals surface area contributed by atoms with Crippen LogP contribution < -0.4 is 15.1 Å². The van der Waals surface area contributed by atoms with Crippen molar-refractivity contribution in [2.24, 2.45) is 5.92 Å². The third-order valence-corrected chi connectivity index (χ3v) is 6.76. The zero-order valence-electron chi connectivity index (χ0n) is 18.1. The lowest BCUT2D eigenvalue weighted by Crippen LogP contribution is -2.46. The van der Waals surface area contributed by atoms with E-state index in [2.05, 4.69) is 4.72 Å². The molecule has 0 bridgehead atoms. The molecule has 3 aromatic rings. The lowest BCUT2D eigenvalue weighted by Gasteiger charge is -2.21. The van der Waals surface area contributed by atoms with Crippen molar-refractivity contribution in [3.63, 3.8) is 0 Å². The quantitative estimate of drug-likeness (QED) is 0.310. The van der Waals surface area contributed by atoms with Crippen molar-refractivity contribution < 1.29 is 22.4 Å². The van der Waals surface area contributed by atoms with Gasteiger partial charge in [0.2, 0.25) is 10.0 Å². The van der Waals surface area contributed by atoms with Gasteiger partial charge in [0.25, 0.3) is 0 Å². The van der Waals surface area contributed by atoms with Gasteiger partial charge in [-0.1, -0.05) is 50.1 Å². The van der Waals surface area contributed by atoms with Crippen molar-refractivity contribution in [1.29, 1.82) is 0 Å². The molecular weight excluding hydrogens is 454 g/mol. The van der Waals surface area contributed by atoms with Gasteiger partial charge in [0.05, 0.1) is 9.92 Å². The highest BCUT2D eigenvalue weighted by Crippen LogP contribution is 2.32. The monoisotopic (exact) mass is 477 g/mol. The van der Waals surface area contributed by atoms with E-state index in [1.165, 1.54) is 24.3 Å². The maximum Gasteiger partial charge on any atom is 0.336 e. The molecule has 170 valence electrons. The number of ether oxygens (including phenoxy) is 1. The zero-order valence-corrected chi connectivity index (χ0v) is 19.7. The fraction of sp³-hybridized carbons (Fsp3) is 0.304. The first kappa shape index (κ1) is 24.0. The molecule has 9 heteroatoms. The molecule has 0 radical (unpaired) electrons. The minimum absolute atomic E-state index is 0.0271. The van der Waals surface area contributed by atoms with E-state index in [0.717, 1.165) is 11.1 Å². The third kappa shape index (κ3) is 5.20. The van der Waals surface area contributed by atoms with Crippen LogP contribution >= 0.6 is 11.6 Å². The number of rotatable bonds is 7. The van der Waals surface area contributed by atoms with Crippen LogP contribution in [0.2, 0.25) is 5.02 Å². The molecule has 1 atom stereocenters. The first-order valence-electron chi connectivity index (χ1n) is 10.1. The molecule has 0 fully saturated rings. The van der Waals surface area contributed by atoms with Crippen LogP contribution in [0.15, 0.2) is 56.6 Å². The van der Waals surface area contributed by atoms with E-state index >= 15 is 0 Å². The van der Waals surface area contributed by atoms with Gasteiger partial charge in [-0.05, 0) is 43.0 Å². The second-order valence-electron chi connectivity index (χ2n) is 7.80. The smallest absolute Gasteiger partial charge is 0.336 e. The van der Waals surface area contributed by atoms with Gasteiger partial charge in [-0.3, -0.25) is 0 Å². The molecule has 2 aromatic carbocycles. The average molecular weight is 478 g/mol. The Morgan fingerprint density at radius 1 is 1.16 bits per heavy atom. The van der Waals surface area contributed by atoms with Crippen LogP contribution in [0.5, 0.6) is 5.75 Å². The van der Waals surface area contributed by atoms with E-state index in [4.69, 9.17) is 20.8 Å². The highest BCUT2D eigenvalue weighted by Gasteiger charge is 2.30. The number of benzene rings is 2. The largest absolute Gasteiger partial charge is 0.424 e. The van der Waals surface area contributed by atoms with Gasteiger partial charge in [-0.15, -0.1) is 0 Å². The predicted molar refractivity (Wildman–Crippen MR) is 123 cm³/mol. The number of sulfonamides is 1. The first-order valence-corrected chi connectivity index (χ1v) is 11.9. The Bertz CT molecular complexity index is 1310. The van der Waals surface area contributed by atoms with Gasteiger partial charge in [0.15, 0.2) is 5.75 Å². The van der Waals surface area contributed by atoms with Gasteiger partial charge < -0.3 is 9.15 Å². The van der Waals surface area contributed by atoms with Crippen molar-refractivity contribution in [3.05, 3.63) is 69.0 Å². The summed E-state index contributed by atoms with van der Waals surface area (Å²) in [5.74, 6) is -1.27. The summed E-state index contributed by atoms with van der Waals surface area (Å²) in [6.07, 6.45) is 0.591. The number of hydrogen-bond acceptors (Lipinski definition) is 6. The van der Waals surface area contributed by atoms with E-state index in [0.29, 0.717) is 11.8 Å². The summed E-state index contributed by atoms with van der Waals surface area (Å²) in [5.41, 5.74) is 1.36. The fourth-order valence-electron chi connectivity index (χ4n) is 3.18. The van der Waals surface area contributed by atoms with Crippen molar-refractivity contribution >= 4 is 38.6 Å². The predicted octanol–water partition coefficient (Wildman–Crippen LogP) is 4.23. The molecule has 0 aliphatic rings. The van der Waals surface area contributed by atoms with Crippen LogP contribution in [0.25, 0.3) is 11.0 Å². The summed E-state index contributed by atoms with van der Waals surface area (Å²) in [5, 5.41) is 0.774. The summed E-state index contributed by atoms with van der Waals surface area (Å²) < 4.78 is 38.6. The molecule has 0 amide bonds. The third-order valence-electron chi connectivity index (χ3n) is 5.01. The van der Waals surface area contributed by atoms with E-state index in [1.54, 1.807) is 32.0 Å². The molecule has 0 aliphatic carbocycles. The number of carbonyl (C=O) groups excluding carboxylic acids is 1. The second-order valence-corrected chi connectivity index (χ2v) is 9.92. The normalized spacial score (nSPS) is 12.8. The van der Waals surface area contributed by atoms with Crippen LogP contribution in [0, 0.1) is 12.8 Å². The molecule has 0 spiro atoms. The topological polar surface area (TPSA) is 103 Å². The summed E-state index contributed by atoms with van der Waals surface area (Å²) >= 11 is 6.31.